The van der Waals surface area contributed by atoms with Crippen molar-refractivity contribution in [2.24, 2.45) is 5.92 Å². The van der Waals surface area contributed by atoms with Crippen LogP contribution in [-0.2, 0) is 4.79 Å². The van der Waals surface area contributed by atoms with Crippen LogP contribution in [0.5, 0.6) is 5.75 Å². The second-order valence-electron chi connectivity index (χ2n) is 3.60. The van der Waals surface area contributed by atoms with E-state index in [0.717, 1.165) is 12.8 Å². The Labute approximate surface area is 95.6 Å². The molecule has 0 saturated heterocycles. The fourth-order valence-electron chi connectivity index (χ4n) is 1.26. The molecule has 2 rings (SSSR count). The number of ether oxygens (including phenoxy) is 1. The van der Waals surface area contributed by atoms with Crippen LogP contribution in [0.3, 0.4) is 0 Å². The monoisotopic (exact) mass is 272 g/mol. The molecule has 0 aromatic heterocycles. The minimum atomic E-state index is -0.368. The van der Waals surface area contributed by atoms with E-state index in [1.165, 1.54) is 12.1 Å². The van der Waals surface area contributed by atoms with Crippen LogP contribution < -0.4 is 4.74 Å². The van der Waals surface area contributed by atoms with E-state index >= 15 is 0 Å². The number of hydrogen-bond donors (Lipinski definition) is 0. The van der Waals surface area contributed by atoms with E-state index in [9.17, 15) is 9.18 Å². The zero-order chi connectivity index (χ0) is 10.8. The van der Waals surface area contributed by atoms with Crippen molar-refractivity contribution in [1.82, 2.24) is 0 Å². The average Bonchev–Trinajstić information content (AvgIpc) is 3.02. The summed E-state index contributed by atoms with van der Waals surface area (Å²) >= 11 is 3.23. The summed E-state index contributed by atoms with van der Waals surface area (Å²) in [5.41, 5.74) is 0. The van der Waals surface area contributed by atoms with E-state index in [1.54, 1.807) is 6.07 Å². The lowest BCUT2D eigenvalue weighted by Crippen LogP contribution is -2.13. The van der Waals surface area contributed by atoms with E-state index in [-0.39, 0.29) is 24.1 Å². The molecule has 0 spiro atoms. The van der Waals surface area contributed by atoms with Crippen molar-refractivity contribution < 1.29 is 13.9 Å². The maximum atomic E-state index is 12.9. The molecule has 1 aromatic carbocycles. The summed E-state index contributed by atoms with van der Waals surface area (Å²) in [6.45, 7) is 0.0344. The molecule has 0 N–H and O–H groups in total. The average molecular weight is 273 g/mol. The second kappa shape index (κ2) is 4.31. The first-order chi connectivity index (χ1) is 7.16. The van der Waals surface area contributed by atoms with Crippen molar-refractivity contribution >= 4 is 21.7 Å². The van der Waals surface area contributed by atoms with Gasteiger partial charge in [0.2, 0.25) is 0 Å². The highest BCUT2D eigenvalue weighted by Crippen LogP contribution is 2.31. The smallest absolute Gasteiger partial charge is 0.173 e. The van der Waals surface area contributed by atoms with Gasteiger partial charge in [-0.3, -0.25) is 4.79 Å². The van der Waals surface area contributed by atoms with Crippen LogP contribution >= 0.6 is 15.9 Å². The summed E-state index contributed by atoms with van der Waals surface area (Å²) in [6.07, 6.45) is 1.93. The highest BCUT2D eigenvalue weighted by molar-refractivity contribution is 9.10. The number of rotatable bonds is 4. The molecule has 0 aliphatic heterocycles. The van der Waals surface area contributed by atoms with E-state index in [2.05, 4.69) is 15.9 Å². The fraction of sp³-hybridized carbons (Fsp3) is 0.364. The Kier molecular flexibility index (Phi) is 3.05. The number of benzene rings is 1. The van der Waals surface area contributed by atoms with Gasteiger partial charge in [-0.2, -0.15) is 0 Å². The number of hydrogen-bond acceptors (Lipinski definition) is 2. The van der Waals surface area contributed by atoms with Gasteiger partial charge in [-0.15, -0.1) is 0 Å². The largest absolute Gasteiger partial charge is 0.485 e. The lowest BCUT2D eigenvalue weighted by Gasteiger charge is -2.06. The number of Topliss-reactive ketones (excluding diaryl/α,β-unsaturated/α-hetero) is 1. The summed E-state index contributed by atoms with van der Waals surface area (Å²) < 4.78 is 18.8. The summed E-state index contributed by atoms with van der Waals surface area (Å²) in [7, 11) is 0. The molecule has 0 atom stereocenters. The third-order valence-corrected chi connectivity index (χ3v) is 2.95. The third kappa shape index (κ3) is 2.78. The predicted molar refractivity (Wildman–Crippen MR) is 57.3 cm³/mol. The van der Waals surface area contributed by atoms with Crippen LogP contribution in [0.15, 0.2) is 22.7 Å². The Morgan fingerprint density at radius 2 is 2.27 bits per heavy atom. The van der Waals surface area contributed by atoms with Gasteiger partial charge in [0.05, 0.1) is 4.47 Å². The molecule has 1 saturated carbocycles. The fourth-order valence-corrected chi connectivity index (χ4v) is 1.62. The van der Waals surface area contributed by atoms with E-state index in [1.807, 2.05) is 0 Å². The Hall–Kier alpha value is -0.900. The molecule has 4 heteroatoms. The van der Waals surface area contributed by atoms with Crippen LogP contribution in [0.1, 0.15) is 12.8 Å². The zero-order valence-corrected chi connectivity index (χ0v) is 9.59. The van der Waals surface area contributed by atoms with Gasteiger partial charge < -0.3 is 4.74 Å². The SMILES string of the molecule is O=C(COc1cc(F)ccc1Br)C1CC1. The van der Waals surface area contributed by atoms with Crippen LogP contribution in [0.2, 0.25) is 0 Å². The van der Waals surface area contributed by atoms with Gasteiger partial charge in [-0.1, -0.05) is 0 Å². The molecular weight excluding hydrogens is 263 g/mol. The van der Waals surface area contributed by atoms with Gasteiger partial charge in [-0.25, -0.2) is 4.39 Å². The molecule has 1 aliphatic carbocycles. The van der Waals surface area contributed by atoms with Crippen LogP contribution in [0.25, 0.3) is 0 Å². The minimum Gasteiger partial charge on any atom is -0.485 e. The summed E-state index contributed by atoms with van der Waals surface area (Å²) in [5.74, 6) is 0.291. The van der Waals surface area contributed by atoms with E-state index < -0.39 is 0 Å². The molecule has 15 heavy (non-hydrogen) atoms. The maximum Gasteiger partial charge on any atom is 0.173 e. The highest BCUT2D eigenvalue weighted by atomic mass is 79.9. The summed E-state index contributed by atoms with van der Waals surface area (Å²) in [6, 6.07) is 4.16. The highest BCUT2D eigenvalue weighted by Gasteiger charge is 2.29. The van der Waals surface area contributed by atoms with Crippen molar-refractivity contribution in [3.63, 3.8) is 0 Å². The molecule has 1 aliphatic rings. The Balaban J connectivity index is 1.97. The molecule has 1 aromatic rings. The second-order valence-corrected chi connectivity index (χ2v) is 4.46. The molecule has 0 heterocycles. The summed E-state index contributed by atoms with van der Waals surface area (Å²) in [4.78, 5) is 11.3. The first kappa shape index (κ1) is 10.6. The summed E-state index contributed by atoms with van der Waals surface area (Å²) in [5, 5.41) is 0. The van der Waals surface area contributed by atoms with Gasteiger partial charge in [0.15, 0.2) is 5.78 Å². The van der Waals surface area contributed by atoms with Crippen molar-refractivity contribution in [3.05, 3.63) is 28.5 Å². The first-order valence-corrected chi connectivity index (χ1v) is 5.56. The lowest BCUT2D eigenvalue weighted by atomic mass is 10.3. The van der Waals surface area contributed by atoms with E-state index in [0.29, 0.717) is 10.2 Å². The van der Waals surface area contributed by atoms with Gasteiger partial charge in [0, 0.05) is 12.0 Å². The molecule has 0 amide bonds. The van der Waals surface area contributed by atoms with Crippen LogP contribution in [0, 0.1) is 11.7 Å². The molecule has 1 fully saturated rings. The van der Waals surface area contributed by atoms with Crippen LogP contribution in [0.4, 0.5) is 4.39 Å². The maximum absolute atomic E-state index is 12.9. The normalized spacial score (nSPS) is 15.1. The van der Waals surface area contributed by atoms with E-state index in [4.69, 9.17) is 4.74 Å². The number of carbonyl (C=O) groups excluding carboxylic acids is 1. The zero-order valence-electron chi connectivity index (χ0n) is 8.00. The Morgan fingerprint density at radius 3 is 2.93 bits per heavy atom. The molecule has 0 radical (unpaired) electrons. The topological polar surface area (TPSA) is 26.3 Å². The van der Waals surface area contributed by atoms with Gasteiger partial charge in [0.25, 0.3) is 0 Å². The molecule has 80 valence electrons. The standard InChI is InChI=1S/C11H10BrFO2/c12-9-4-3-8(13)5-11(9)15-6-10(14)7-1-2-7/h3-5,7H,1-2,6H2. The predicted octanol–water partition coefficient (Wildman–Crippen LogP) is 2.95. The number of ketones is 1. The first-order valence-electron chi connectivity index (χ1n) is 4.77. The third-order valence-electron chi connectivity index (χ3n) is 2.30. The Bertz CT molecular complexity index is 388. The van der Waals surface area contributed by atoms with Crippen molar-refractivity contribution in [2.75, 3.05) is 6.61 Å². The number of carbonyl (C=O) groups is 1. The quantitative estimate of drug-likeness (QED) is 0.843. The molecular formula is C11H10BrFO2. The Morgan fingerprint density at radius 1 is 1.53 bits per heavy atom. The van der Waals surface area contributed by atoms with Gasteiger partial charge in [-0.05, 0) is 40.9 Å². The van der Waals surface area contributed by atoms with Gasteiger partial charge >= 0.3 is 0 Å². The molecule has 0 unspecified atom stereocenters. The number of halogens is 2. The molecule has 2 nitrogen and oxygen atoms in total. The van der Waals surface area contributed by atoms with Crippen molar-refractivity contribution in [3.8, 4) is 5.75 Å². The minimum absolute atomic E-state index is 0.0344. The van der Waals surface area contributed by atoms with Crippen molar-refractivity contribution in [1.29, 1.82) is 0 Å². The molecule has 0 bridgehead atoms. The van der Waals surface area contributed by atoms with Crippen LogP contribution in [-0.4, -0.2) is 12.4 Å². The lowest BCUT2D eigenvalue weighted by molar-refractivity contribution is -0.122. The van der Waals surface area contributed by atoms with Gasteiger partial charge in [0.1, 0.15) is 18.2 Å². The van der Waals surface area contributed by atoms with Crippen molar-refractivity contribution in [2.45, 2.75) is 12.8 Å².